The molecule has 0 atom stereocenters. The summed E-state index contributed by atoms with van der Waals surface area (Å²) in [6.45, 7) is 0.827. The second kappa shape index (κ2) is 5.82. The van der Waals surface area contributed by atoms with Crippen molar-refractivity contribution in [1.29, 1.82) is 0 Å². The molecule has 1 fully saturated rings. The van der Waals surface area contributed by atoms with Crippen LogP contribution in [0.25, 0.3) is 0 Å². The van der Waals surface area contributed by atoms with Crippen LogP contribution in [0.15, 0.2) is 16.9 Å². The van der Waals surface area contributed by atoms with Gasteiger partial charge in [0.25, 0.3) is 0 Å². The second-order valence-electron chi connectivity index (χ2n) is 4.02. The van der Waals surface area contributed by atoms with Gasteiger partial charge < -0.3 is 4.90 Å². The summed E-state index contributed by atoms with van der Waals surface area (Å²) < 4.78 is 0.911. The van der Waals surface area contributed by atoms with Crippen molar-refractivity contribution in [3.05, 3.63) is 16.9 Å². The van der Waals surface area contributed by atoms with Crippen LogP contribution in [0.3, 0.4) is 0 Å². The summed E-state index contributed by atoms with van der Waals surface area (Å²) in [7, 11) is 0. The number of hydrogen-bond donors (Lipinski definition) is 0. The Kier molecular flexibility index (Phi) is 4.41. The van der Waals surface area contributed by atoms with E-state index in [0.717, 1.165) is 17.0 Å². The number of anilines is 1. The van der Waals surface area contributed by atoms with E-state index in [9.17, 15) is 0 Å². The fraction of sp³-hybridized carbons (Fsp3) is 0.636. The molecule has 1 saturated carbocycles. The molecule has 1 aliphatic rings. The average Bonchev–Trinajstić information content (AvgIpc) is 2.81. The molecular formula is C11H15BrClN3. The predicted molar refractivity (Wildman–Crippen MR) is 70.1 cm³/mol. The molecule has 0 saturated heterocycles. The minimum atomic E-state index is 0.569. The van der Waals surface area contributed by atoms with Gasteiger partial charge in [0, 0.05) is 30.9 Å². The first-order chi connectivity index (χ1) is 7.81. The molecule has 88 valence electrons. The summed E-state index contributed by atoms with van der Waals surface area (Å²) in [5, 5.41) is 0. The molecule has 16 heavy (non-hydrogen) atoms. The fourth-order valence-electron chi connectivity index (χ4n) is 2.21. The molecule has 1 heterocycles. The quantitative estimate of drug-likeness (QED) is 0.800. The molecule has 1 aliphatic carbocycles. The lowest BCUT2D eigenvalue weighted by Crippen LogP contribution is -2.36. The Morgan fingerprint density at radius 2 is 1.94 bits per heavy atom. The van der Waals surface area contributed by atoms with Crippen molar-refractivity contribution in [3.63, 3.8) is 0 Å². The van der Waals surface area contributed by atoms with Crippen molar-refractivity contribution in [2.45, 2.75) is 31.7 Å². The molecule has 2 rings (SSSR count). The highest BCUT2D eigenvalue weighted by Crippen LogP contribution is 2.26. The molecule has 0 aromatic carbocycles. The third-order valence-electron chi connectivity index (χ3n) is 2.95. The Hall–Kier alpha value is -0.350. The number of halogens is 2. The first-order valence-electron chi connectivity index (χ1n) is 5.61. The van der Waals surface area contributed by atoms with Crippen molar-refractivity contribution >= 4 is 33.5 Å². The molecule has 0 unspecified atom stereocenters. The van der Waals surface area contributed by atoms with E-state index in [-0.39, 0.29) is 0 Å². The molecule has 0 spiro atoms. The highest BCUT2D eigenvalue weighted by Gasteiger charge is 2.23. The van der Waals surface area contributed by atoms with Crippen molar-refractivity contribution in [1.82, 2.24) is 9.97 Å². The van der Waals surface area contributed by atoms with Gasteiger partial charge in [-0.3, -0.25) is 0 Å². The fourth-order valence-corrected chi connectivity index (χ4v) is 2.59. The minimum Gasteiger partial charge on any atom is -0.337 e. The van der Waals surface area contributed by atoms with E-state index >= 15 is 0 Å². The Morgan fingerprint density at radius 1 is 1.31 bits per heavy atom. The third-order valence-corrected chi connectivity index (χ3v) is 3.53. The number of nitrogens with zero attached hydrogens (tertiary/aromatic N) is 3. The monoisotopic (exact) mass is 303 g/mol. The van der Waals surface area contributed by atoms with E-state index in [0.29, 0.717) is 11.9 Å². The van der Waals surface area contributed by atoms with Gasteiger partial charge in [-0.15, -0.1) is 11.6 Å². The normalized spacial score (nSPS) is 16.6. The summed E-state index contributed by atoms with van der Waals surface area (Å²) in [6.07, 6.45) is 8.66. The maximum absolute atomic E-state index is 5.85. The molecule has 1 aromatic rings. The molecule has 3 nitrogen and oxygen atoms in total. The lowest BCUT2D eigenvalue weighted by atomic mass is 10.2. The number of rotatable bonds is 4. The van der Waals surface area contributed by atoms with Gasteiger partial charge in [0.15, 0.2) is 0 Å². The Bertz CT molecular complexity index is 325. The lowest BCUT2D eigenvalue weighted by Gasteiger charge is -2.28. The zero-order chi connectivity index (χ0) is 11.4. The Balaban J connectivity index is 2.14. The summed E-state index contributed by atoms with van der Waals surface area (Å²) in [5.41, 5.74) is 0. The van der Waals surface area contributed by atoms with Gasteiger partial charge in [0.05, 0.1) is 4.47 Å². The van der Waals surface area contributed by atoms with Gasteiger partial charge in [-0.25, -0.2) is 9.97 Å². The summed E-state index contributed by atoms with van der Waals surface area (Å²) in [5.74, 6) is 1.42. The molecule has 1 aromatic heterocycles. The average molecular weight is 305 g/mol. The smallest absolute Gasteiger partial charge is 0.225 e. The van der Waals surface area contributed by atoms with Gasteiger partial charge in [0.2, 0.25) is 5.95 Å². The first kappa shape index (κ1) is 12.1. The van der Waals surface area contributed by atoms with Crippen molar-refractivity contribution in [3.8, 4) is 0 Å². The highest BCUT2D eigenvalue weighted by molar-refractivity contribution is 9.10. The molecular weight excluding hydrogens is 289 g/mol. The first-order valence-corrected chi connectivity index (χ1v) is 6.94. The van der Waals surface area contributed by atoms with Crippen molar-refractivity contribution in [2.75, 3.05) is 17.3 Å². The highest BCUT2D eigenvalue weighted by atomic mass is 79.9. The molecule has 0 amide bonds. The van der Waals surface area contributed by atoms with Crippen LogP contribution in [0.5, 0.6) is 0 Å². The van der Waals surface area contributed by atoms with Gasteiger partial charge >= 0.3 is 0 Å². The molecule has 0 radical (unpaired) electrons. The topological polar surface area (TPSA) is 29.0 Å². The van der Waals surface area contributed by atoms with Gasteiger partial charge in [0.1, 0.15) is 0 Å². The van der Waals surface area contributed by atoms with Gasteiger partial charge in [-0.1, -0.05) is 12.8 Å². The van der Waals surface area contributed by atoms with Crippen molar-refractivity contribution in [2.24, 2.45) is 0 Å². The molecule has 5 heteroatoms. The van der Waals surface area contributed by atoms with Crippen molar-refractivity contribution < 1.29 is 0 Å². The van der Waals surface area contributed by atoms with E-state index < -0.39 is 0 Å². The van der Waals surface area contributed by atoms with E-state index in [1.165, 1.54) is 25.7 Å². The van der Waals surface area contributed by atoms with Gasteiger partial charge in [-0.2, -0.15) is 0 Å². The Labute approximate surface area is 109 Å². The zero-order valence-electron chi connectivity index (χ0n) is 9.07. The van der Waals surface area contributed by atoms with E-state index in [1.54, 1.807) is 12.4 Å². The van der Waals surface area contributed by atoms with Crippen LogP contribution in [-0.2, 0) is 0 Å². The molecule has 0 N–H and O–H groups in total. The van der Waals surface area contributed by atoms with Crippen LogP contribution in [0.4, 0.5) is 5.95 Å². The lowest BCUT2D eigenvalue weighted by molar-refractivity contribution is 0.606. The standard InChI is InChI=1S/C11H15BrClN3/c12-9-7-14-11(15-8-9)16(6-5-13)10-3-1-2-4-10/h7-8,10H,1-6H2. The van der Waals surface area contributed by atoms with Crippen LogP contribution in [-0.4, -0.2) is 28.4 Å². The summed E-state index contributed by atoms with van der Waals surface area (Å²) >= 11 is 9.20. The van der Waals surface area contributed by atoms with E-state index in [2.05, 4.69) is 30.8 Å². The van der Waals surface area contributed by atoms with E-state index in [1.807, 2.05) is 0 Å². The van der Waals surface area contributed by atoms with E-state index in [4.69, 9.17) is 11.6 Å². The summed E-state index contributed by atoms with van der Waals surface area (Å²) in [6, 6.07) is 0.569. The number of alkyl halides is 1. The second-order valence-corrected chi connectivity index (χ2v) is 5.32. The molecule has 0 aliphatic heterocycles. The number of aromatic nitrogens is 2. The van der Waals surface area contributed by atoms with Crippen LogP contribution in [0.1, 0.15) is 25.7 Å². The molecule has 0 bridgehead atoms. The van der Waals surface area contributed by atoms with Crippen LogP contribution in [0.2, 0.25) is 0 Å². The maximum atomic E-state index is 5.85. The summed E-state index contributed by atoms with van der Waals surface area (Å²) in [4.78, 5) is 10.9. The maximum Gasteiger partial charge on any atom is 0.225 e. The van der Waals surface area contributed by atoms with Crippen LogP contribution < -0.4 is 4.90 Å². The minimum absolute atomic E-state index is 0.569. The predicted octanol–water partition coefficient (Wildman–Crippen LogP) is 3.23. The number of hydrogen-bond acceptors (Lipinski definition) is 3. The van der Waals surface area contributed by atoms with Crippen LogP contribution in [0, 0.1) is 0 Å². The van der Waals surface area contributed by atoms with Crippen LogP contribution >= 0.6 is 27.5 Å². The third kappa shape index (κ3) is 2.86. The Morgan fingerprint density at radius 3 is 2.50 bits per heavy atom. The zero-order valence-corrected chi connectivity index (χ0v) is 11.4. The SMILES string of the molecule is ClCCN(c1ncc(Br)cn1)C1CCCC1. The largest absolute Gasteiger partial charge is 0.337 e. The van der Waals surface area contributed by atoms with Gasteiger partial charge in [-0.05, 0) is 28.8 Å².